The third-order valence-corrected chi connectivity index (χ3v) is 6.31. The van der Waals surface area contributed by atoms with E-state index >= 15 is 0 Å². The molecule has 1 amide bonds. The summed E-state index contributed by atoms with van der Waals surface area (Å²) in [5, 5.41) is 10.3. The lowest BCUT2D eigenvalue weighted by Gasteiger charge is -2.20. The summed E-state index contributed by atoms with van der Waals surface area (Å²) in [6.45, 7) is 0. The van der Waals surface area contributed by atoms with E-state index in [0.29, 0.717) is 17.2 Å². The molecule has 1 atom stereocenters. The third kappa shape index (κ3) is 4.98. The number of benzodiazepines with no additional fused rings is 1. The Morgan fingerprint density at radius 2 is 1.57 bits per heavy atom. The number of carbonyl (C=O) groups excluding carboxylic acids is 1. The average molecular weight is 483 g/mol. The van der Waals surface area contributed by atoms with Crippen LogP contribution in [0.25, 0.3) is 11.1 Å². The van der Waals surface area contributed by atoms with E-state index in [1.165, 1.54) is 0 Å². The zero-order chi connectivity index (χ0) is 23.7. The molecule has 1 aliphatic heterocycles. The number of halogens is 1. The van der Waals surface area contributed by atoms with Gasteiger partial charge in [-0.2, -0.15) is 0 Å². The van der Waals surface area contributed by atoms with E-state index in [-0.39, 0.29) is 19.1 Å². The fraction of sp³-hybridized carbons (Fsp3) is 0.133. The van der Waals surface area contributed by atoms with Gasteiger partial charge in [0.25, 0.3) is 5.91 Å². The normalized spacial score (nSPS) is 15.0. The lowest BCUT2D eigenvalue weighted by Crippen LogP contribution is -2.36. The van der Waals surface area contributed by atoms with Crippen molar-refractivity contribution in [3.05, 3.63) is 119 Å². The summed E-state index contributed by atoms with van der Waals surface area (Å²) in [6, 6.07) is 30.1. The zero-order valence-electron chi connectivity index (χ0n) is 18.6. The highest BCUT2D eigenvalue weighted by Gasteiger charge is 2.30. The number of phenolic OH excluding ortho intramolecular Hbond substituents is 1. The van der Waals surface area contributed by atoms with Crippen LogP contribution in [-0.2, 0) is 11.2 Å². The van der Waals surface area contributed by atoms with Crippen molar-refractivity contribution in [1.82, 2.24) is 0 Å². The number of aliphatic imine (C=N–C) groups is 1. The van der Waals surface area contributed by atoms with Gasteiger partial charge in [-0.1, -0.05) is 73.6 Å². The molecular weight excluding hydrogens is 456 g/mol. The number of hydrogen-bond donors (Lipinski definition) is 1. The minimum absolute atomic E-state index is 0. The third-order valence-electron chi connectivity index (χ3n) is 6.08. The molecule has 1 aliphatic rings. The van der Waals surface area contributed by atoms with Crippen molar-refractivity contribution < 1.29 is 9.90 Å². The number of aromatic hydroxyl groups is 1. The van der Waals surface area contributed by atoms with E-state index < -0.39 is 6.04 Å². The van der Waals surface area contributed by atoms with Gasteiger partial charge in [-0.15, -0.1) is 0 Å². The van der Waals surface area contributed by atoms with E-state index in [1.807, 2.05) is 54.6 Å². The Balaban J connectivity index is 0.00000289. The zero-order valence-corrected chi connectivity index (χ0v) is 19.4. The minimum Gasteiger partial charge on any atom is -0.508 e. The number of benzene rings is 4. The maximum Gasteiger partial charge on any atom is 0.251 e. The lowest BCUT2D eigenvalue weighted by atomic mass is 9.98. The fourth-order valence-electron chi connectivity index (χ4n) is 4.33. The van der Waals surface area contributed by atoms with Crippen LogP contribution in [0.5, 0.6) is 5.75 Å². The number of rotatable bonds is 4. The lowest BCUT2D eigenvalue weighted by molar-refractivity contribution is -0.119. The predicted octanol–water partition coefficient (Wildman–Crippen LogP) is 6.77. The summed E-state index contributed by atoms with van der Waals surface area (Å²) in [4.78, 5) is 20.2. The molecule has 5 rings (SSSR count). The van der Waals surface area contributed by atoms with Gasteiger partial charge >= 0.3 is 0 Å². The first-order valence-electron chi connectivity index (χ1n) is 11.1. The van der Waals surface area contributed by atoms with Crippen molar-refractivity contribution in [2.24, 2.45) is 4.99 Å². The summed E-state index contributed by atoms with van der Waals surface area (Å²) in [6.07, 6.45) is 0.465. The van der Waals surface area contributed by atoms with Gasteiger partial charge in [0, 0.05) is 29.6 Å². The molecule has 0 spiro atoms. The SMILES string of the molecule is C.CN1C(=O)C(Cc2cccc(-c3ccccc3)c2)N=C(c2ccc(O)cc2)c2cc(Cl)ccc21. The van der Waals surface area contributed by atoms with Crippen LogP contribution in [0.4, 0.5) is 5.69 Å². The molecular formula is C30H27ClN2O2. The molecule has 0 radical (unpaired) electrons. The molecule has 4 nitrogen and oxygen atoms in total. The van der Waals surface area contributed by atoms with E-state index in [4.69, 9.17) is 16.6 Å². The summed E-state index contributed by atoms with van der Waals surface area (Å²) < 4.78 is 0. The van der Waals surface area contributed by atoms with E-state index in [0.717, 1.165) is 33.5 Å². The quantitative estimate of drug-likeness (QED) is 0.349. The first-order valence-corrected chi connectivity index (χ1v) is 11.5. The number of hydrogen-bond acceptors (Lipinski definition) is 3. The highest BCUT2D eigenvalue weighted by molar-refractivity contribution is 6.32. The smallest absolute Gasteiger partial charge is 0.251 e. The van der Waals surface area contributed by atoms with Crippen LogP contribution < -0.4 is 4.90 Å². The number of nitrogens with zero attached hydrogens (tertiary/aromatic N) is 2. The van der Waals surface area contributed by atoms with Crippen LogP contribution in [0, 0.1) is 0 Å². The van der Waals surface area contributed by atoms with Crippen LogP contribution in [0.3, 0.4) is 0 Å². The van der Waals surface area contributed by atoms with Gasteiger partial charge in [0.15, 0.2) is 0 Å². The van der Waals surface area contributed by atoms with E-state index in [9.17, 15) is 9.90 Å². The maximum atomic E-state index is 13.5. The number of anilines is 1. The number of carbonyl (C=O) groups is 1. The van der Waals surface area contributed by atoms with Crippen LogP contribution in [-0.4, -0.2) is 29.8 Å². The summed E-state index contributed by atoms with van der Waals surface area (Å²) in [5.41, 5.74) is 6.29. The van der Waals surface area contributed by atoms with Crippen molar-refractivity contribution in [2.75, 3.05) is 11.9 Å². The molecule has 176 valence electrons. The number of fused-ring (bicyclic) bond motifs is 1. The summed E-state index contributed by atoms with van der Waals surface area (Å²) in [7, 11) is 1.78. The molecule has 1 N–H and O–H groups in total. The Kier molecular flexibility index (Phi) is 7.04. The highest BCUT2D eigenvalue weighted by Crippen LogP contribution is 2.31. The molecule has 0 saturated carbocycles. The topological polar surface area (TPSA) is 52.9 Å². The van der Waals surface area contributed by atoms with Gasteiger partial charge in [0.1, 0.15) is 11.8 Å². The van der Waals surface area contributed by atoms with Gasteiger partial charge in [-0.25, -0.2) is 0 Å². The second kappa shape index (κ2) is 10.2. The molecule has 5 heteroatoms. The number of amides is 1. The predicted molar refractivity (Wildman–Crippen MR) is 145 cm³/mol. The molecule has 0 aliphatic carbocycles. The Labute approximate surface area is 211 Å². The summed E-state index contributed by atoms with van der Waals surface area (Å²) in [5.74, 6) is 0.0919. The van der Waals surface area contributed by atoms with Crippen molar-refractivity contribution >= 4 is 28.9 Å². The van der Waals surface area contributed by atoms with E-state index in [2.05, 4.69) is 24.3 Å². The monoisotopic (exact) mass is 482 g/mol. The minimum atomic E-state index is -0.606. The number of likely N-dealkylation sites (N-methyl/N-ethyl adjacent to an activating group) is 1. The van der Waals surface area contributed by atoms with Crippen LogP contribution in [0.1, 0.15) is 24.1 Å². The average Bonchev–Trinajstić information content (AvgIpc) is 2.96. The van der Waals surface area contributed by atoms with Crippen molar-refractivity contribution in [3.63, 3.8) is 0 Å². The molecule has 1 unspecified atom stereocenters. The van der Waals surface area contributed by atoms with E-state index in [1.54, 1.807) is 30.1 Å². The Morgan fingerprint density at radius 1 is 0.857 bits per heavy atom. The van der Waals surface area contributed by atoms with Gasteiger partial charge < -0.3 is 10.0 Å². The van der Waals surface area contributed by atoms with Crippen molar-refractivity contribution in [2.45, 2.75) is 19.9 Å². The number of phenols is 1. The van der Waals surface area contributed by atoms with Gasteiger partial charge in [-0.05, 0) is 59.2 Å². The van der Waals surface area contributed by atoms with Gasteiger partial charge in [0.2, 0.25) is 0 Å². The van der Waals surface area contributed by atoms with Gasteiger partial charge in [0.05, 0.1) is 11.4 Å². The van der Waals surface area contributed by atoms with Crippen molar-refractivity contribution in [1.29, 1.82) is 0 Å². The van der Waals surface area contributed by atoms with Crippen LogP contribution in [0.15, 0.2) is 102 Å². The largest absolute Gasteiger partial charge is 0.508 e. The Morgan fingerprint density at radius 3 is 2.31 bits per heavy atom. The van der Waals surface area contributed by atoms with Crippen LogP contribution in [0.2, 0.25) is 5.02 Å². The maximum absolute atomic E-state index is 13.5. The molecule has 0 aromatic heterocycles. The molecule has 4 aromatic rings. The molecule has 4 aromatic carbocycles. The highest BCUT2D eigenvalue weighted by atomic mass is 35.5. The first-order chi connectivity index (χ1) is 16.5. The molecule has 0 bridgehead atoms. The molecule has 1 heterocycles. The summed E-state index contributed by atoms with van der Waals surface area (Å²) >= 11 is 6.34. The van der Waals surface area contributed by atoms with Crippen molar-refractivity contribution in [3.8, 4) is 16.9 Å². The standard InChI is InChI=1S/C29H23ClN2O2.CH4/c1-32-27-15-12-23(30)18-25(27)28(21-10-13-24(33)14-11-21)31-26(29(32)34)17-19-6-5-9-22(16-19)20-7-3-2-4-8-20;/h2-16,18,26,33H,17H2,1H3;1H4. The molecule has 0 saturated heterocycles. The molecule has 0 fully saturated rings. The fourth-order valence-corrected chi connectivity index (χ4v) is 4.50. The van der Waals surface area contributed by atoms with Crippen LogP contribution >= 0.6 is 11.6 Å². The molecule has 35 heavy (non-hydrogen) atoms. The Hall–Kier alpha value is -3.89. The second-order valence-corrected chi connectivity index (χ2v) is 8.81. The first kappa shape index (κ1) is 24.2. The second-order valence-electron chi connectivity index (χ2n) is 8.37. The Bertz CT molecular complexity index is 1380. The van der Waals surface area contributed by atoms with Gasteiger partial charge in [-0.3, -0.25) is 9.79 Å².